The van der Waals surface area contributed by atoms with Gasteiger partial charge in [-0.1, -0.05) is 25.6 Å². The molecular formula is C16H21N3O3S2. The lowest BCUT2D eigenvalue weighted by Crippen LogP contribution is -2.26. The molecule has 2 N–H and O–H groups in total. The van der Waals surface area contributed by atoms with Crippen LogP contribution in [0.1, 0.15) is 31.2 Å². The van der Waals surface area contributed by atoms with Crippen molar-refractivity contribution >= 4 is 45.1 Å². The molecule has 2 aromatic rings. The Morgan fingerprint density at radius 2 is 2.17 bits per heavy atom. The number of hydrogen-bond donors (Lipinski definition) is 1. The molecule has 0 aliphatic carbocycles. The minimum atomic E-state index is -0.380. The highest BCUT2D eigenvalue weighted by Crippen LogP contribution is 2.39. The zero-order chi connectivity index (χ0) is 17.4. The van der Waals surface area contributed by atoms with E-state index >= 15 is 0 Å². The number of thioether (sulfide) groups is 1. The molecule has 0 saturated heterocycles. The number of thiophene rings is 1. The van der Waals surface area contributed by atoms with Crippen LogP contribution in [0.4, 0.5) is 5.82 Å². The maximum Gasteiger partial charge on any atom is 0.318 e. The van der Waals surface area contributed by atoms with E-state index in [0.29, 0.717) is 23.5 Å². The van der Waals surface area contributed by atoms with Crippen LogP contribution >= 0.6 is 23.1 Å². The Kier molecular flexibility index (Phi) is 4.98. The Labute approximate surface area is 149 Å². The SMILES string of the molecule is COC(=O)[C@H](C)Sc1nc(N)c2c3c(sc2n1)CO[C@H](C(C)C)C3. The van der Waals surface area contributed by atoms with Gasteiger partial charge in [-0.05, 0) is 18.4 Å². The molecule has 130 valence electrons. The van der Waals surface area contributed by atoms with E-state index in [2.05, 4.69) is 23.8 Å². The number of aromatic nitrogens is 2. The van der Waals surface area contributed by atoms with Crippen molar-refractivity contribution in [2.75, 3.05) is 12.8 Å². The zero-order valence-electron chi connectivity index (χ0n) is 14.2. The first-order valence-corrected chi connectivity index (χ1v) is 9.54. The summed E-state index contributed by atoms with van der Waals surface area (Å²) in [6.07, 6.45) is 1.04. The van der Waals surface area contributed by atoms with Gasteiger partial charge in [-0.2, -0.15) is 0 Å². The number of ether oxygens (including phenoxy) is 2. The van der Waals surface area contributed by atoms with Crippen LogP contribution in [0, 0.1) is 5.92 Å². The summed E-state index contributed by atoms with van der Waals surface area (Å²) in [5.41, 5.74) is 7.43. The summed E-state index contributed by atoms with van der Waals surface area (Å²) in [4.78, 5) is 22.6. The Balaban J connectivity index is 1.95. The molecule has 0 spiro atoms. The summed E-state index contributed by atoms with van der Waals surface area (Å²) in [7, 11) is 1.37. The highest BCUT2D eigenvalue weighted by molar-refractivity contribution is 8.00. The third-order valence-corrected chi connectivity index (χ3v) is 6.17. The molecule has 0 aromatic carbocycles. The summed E-state index contributed by atoms with van der Waals surface area (Å²) in [5, 5.41) is 1.06. The number of fused-ring (bicyclic) bond motifs is 3. The Morgan fingerprint density at radius 1 is 1.42 bits per heavy atom. The van der Waals surface area contributed by atoms with Gasteiger partial charge >= 0.3 is 5.97 Å². The summed E-state index contributed by atoms with van der Waals surface area (Å²) in [6, 6.07) is 0. The zero-order valence-corrected chi connectivity index (χ0v) is 15.8. The van der Waals surface area contributed by atoms with Gasteiger partial charge in [-0.15, -0.1) is 11.3 Å². The van der Waals surface area contributed by atoms with Gasteiger partial charge in [-0.3, -0.25) is 4.79 Å². The van der Waals surface area contributed by atoms with Gasteiger partial charge in [0.2, 0.25) is 0 Å². The van der Waals surface area contributed by atoms with E-state index in [1.807, 2.05) is 0 Å². The van der Waals surface area contributed by atoms with Crippen molar-refractivity contribution in [3.05, 3.63) is 10.4 Å². The largest absolute Gasteiger partial charge is 0.468 e. The fourth-order valence-electron chi connectivity index (χ4n) is 2.74. The lowest BCUT2D eigenvalue weighted by Gasteiger charge is -2.26. The number of nitrogens with two attached hydrogens (primary N) is 1. The molecule has 24 heavy (non-hydrogen) atoms. The van der Waals surface area contributed by atoms with Gasteiger partial charge in [0, 0.05) is 11.3 Å². The van der Waals surface area contributed by atoms with Crippen LogP contribution in [0.15, 0.2) is 5.16 Å². The van der Waals surface area contributed by atoms with Crippen LogP contribution < -0.4 is 5.73 Å². The number of esters is 1. The number of nitrogens with zero attached hydrogens (tertiary/aromatic N) is 2. The van der Waals surface area contributed by atoms with E-state index in [0.717, 1.165) is 16.6 Å². The Bertz CT molecular complexity index is 776. The number of rotatable bonds is 4. The first kappa shape index (κ1) is 17.4. The third kappa shape index (κ3) is 3.22. The normalized spacial score (nSPS) is 18.6. The summed E-state index contributed by atoms with van der Waals surface area (Å²) < 4.78 is 10.7. The highest BCUT2D eigenvalue weighted by Gasteiger charge is 2.28. The quantitative estimate of drug-likeness (QED) is 0.505. The summed E-state index contributed by atoms with van der Waals surface area (Å²) in [6.45, 7) is 6.68. The average molecular weight is 367 g/mol. The number of anilines is 1. The van der Waals surface area contributed by atoms with Crippen molar-refractivity contribution in [1.82, 2.24) is 9.97 Å². The van der Waals surface area contributed by atoms with Crippen LogP contribution in [0.2, 0.25) is 0 Å². The van der Waals surface area contributed by atoms with Crippen LogP contribution in [0.3, 0.4) is 0 Å². The minimum Gasteiger partial charge on any atom is -0.468 e. The highest BCUT2D eigenvalue weighted by atomic mass is 32.2. The van der Waals surface area contributed by atoms with Crippen LogP contribution in [-0.4, -0.2) is 34.4 Å². The molecule has 0 saturated carbocycles. The van der Waals surface area contributed by atoms with Crippen molar-refractivity contribution in [3.63, 3.8) is 0 Å². The van der Waals surface area contributed by atoms with Gasteiger partial charge < -0.3 is 15.2 Å². The van der Waals surface area contributed by atoms with Gasteiger partial charge in [0.1, 0.15) is 15.9 Å². The molecule has 3 rings (SSSR count). The van der Waals surface area contributed by atoms with Gasteiger partial charge in [0.05, 0.1) is 25.2 Å². The van der Waals surface area contributed by atoms with E-state index in [-0.39, 0.29) is 17.3 Å². The van der Waals surface area contributed by atoms with Gasteiger partial charge in [-0.25, -0.2) is 9.97 Å². The molecule has 0 radical (unpaired) electrons. The smallest absolute Gasteiger partial charge is 0.318 e. The maximum atomic E-state index is 11.6. The second kappa shape index (κ2) is 6.85. The lowest BCUT2D eigenvalue weighted by atomic mass is 9.96. The van der Waals surface area contributed by atoms with Crippen LogP contribution in [0.5, 0.6) is 0 Å². The van der Waals surface area contributed by atoms with Crippen molar-refractivity contribution < 1.29 is 14.3 Å². The molecule has 2 aromatic heterocycles. The molecule has 1 aliphatic heterocycles. The second-order valence-electron chi connectivity index (χ2n) is 6.16. The first-order valence-electron chi connectivity index (χ1n) is 7.84. The summed E-state index contributed by atoms with van der Waals surface area (Å²) >= 11 is 2.85. The predicted molar refractivity (Wildman–Crippen MR) is 96.3 cm³/mol. The van der Waals surface area contributed by atoms with Crippen molar-refractivity contribution in [3.8, 4) is 0 Å². The van der Waals surface area contributed by atoms with Crippen molar-refractivity contribution in [1.29, 1.82) is 0 Å². The van der Waals surface area contributed by atoms with Crippen molar-refractivity contribution in [2.45, 2.75) is 50.3 Å². The topological polar surface area (TPSA) is 87.3 Å². The van der Waals surface area contributed by atoms with Gasteiger partial charge in [0.15, 0.2) is 5.16 Å². The molecule has 0 fully saturated rings. The molecular weight excluding hydrogens is 346 g/mol. The van der Waals surface area contributed by atoms with Crippen molar-refractivity contribution in [2.24, 2.45) is 5.92 Å². The minimum absolute atomic E-state index is 0.197. The molecule has 0 unspecified atom stereocenters. The second-order valence-corrected chi connectivity index (χ2v) is 8.55. The standard InChI is InChI=1S/C16H21N3O3S2/c1-7(2)10-5-9-11(6-22-10)24-14-12(9)13(17)18-16(19-14)23-8(3)15(20)21-4/h7-8,10H,5-6H2,1-4H3,(H2,17,18,19)/t8-,10-/m0/s1. The van der Waals surface area contributed by atoms with Gasteiger partial charge in [0.25, 0.3) is 0 Å². The Morgan fingerprint density at radius 3 is 2.83 bits per heavy atom. The molecule has 0 bridgehead atoms. The summed E-state index contributed by atoms with van der Waals surface area (Å²) in [5.74, 6) is 0.619. The fraction of sp³-hybridized carbons (Fsp3) is 0.562. The number of carbonyl (C=O) groups is 1. The fourth-order valence-corrected chi connectivity index (χ4v) is 4.73. The monoisotopic (exact) mass is 367 g/mol. The van der Waals surface area contributed by atoms with E-state index < -0.39 is 0 Å². The first-order chi connectivity index (χ1) is 11.4. The third-order valence-electron chi connectivity index (χ3n) is 4.13. The van der Waals surface area contributed by atoms with E-state index in [4.69, 9.17) is 15.2 Å². The molecule has 8 heteroatoms. The predicted octanol–water partition coefficient (Wildman–Crippen LogP) is 3.02. The van der Waals surface area contributed by atoms with Crippen LogP contribution in [0.25, 0.3) is 10.2 Å². The molecule has 6 nitrogen and oxygen atoms in total. The molecule has 2 atom stereocenters. The number of nitrogen functional groups attached to an aromatic ring is 1. The average Bonchev–Trinajstić information content (AvgIpc) is 2.91. The van der Waals surface area contributed by atoms with E-state index in [1.165, 1.54) is 29.3 Å². The molecule has 3 heterocycles. The number of methoxy groups -OCH3 is 1. The molecule has 0 amide bonds. The van der Waals surface area contributed by atoms with E-state index in [9.17, 15) is 4.79 Å². The maximum absolute atomic E-state index is 11.6. The number of carbonyl (C=O) groups excluding carboxylic acids is 1. The van der Waals surface area contributed by atoms with E-state index in [1.54, 1.807) is 18.3 Å². The number of hydrogen-bond acceptors (Lipinski definition) is 8. The Hall–Kier alpha value is -1.38. The molecule has 1 aliphatic rings. The van der Waals surface area contributed by atoms with Crippen LogP contribution in [-0.2, 0) is 27.3 Å². The lowest BCUT2D eigenvalue weighted by molar-refractivity contribution is -0.139.